The van der Waals surface area contributed by atoms with Crippen molar-refractivity contribution in [2.75, 3.05) is 6.61 Å². The van der Waals surface area contributed by atoms with Gasteiger partial charge in [-0.3, -0.25) is 9.36 Å². The van der Waals surface area contributed by atoms with E-state index in [9.17, 15) is 9.59 Å². The molecule has 0 radical (unpaired) electrons. The van der Waals surface area contributed by atoms with E-state index in [0.717, 1.165) is 22.3 Å². The summed E-state index contributed by atoms with van der Waals surface area (Å²) in [5.74, 6) is -0.410. The number of carbonyl (C=O) groups is 1. The molecule has 0 aliphatic carbocycles. The van der Waals surface area contributed by atoms with Crippen LogP contribution < -0.4 is 5.56 Å². The van der Waals surface area contributed by atoms with Crippen molar-refractivity contribution >= 4 is 27.5 Å². The minimum atomic E-state index is -0.678. The molecule has 0 spiro atoms. The fraction of sp³-hybridized carbons (Fsp3) is 0.208. The van der Waals surface area contributed by atoms with Crippen LogP contribution in [0.4, 0.5) is 0 Å². The van der Waals surface area contributed by atoms with E-state index in [1.54, 1.807) is 6.92 Å². The van der Waals surface area contributed by atoms with Crippen LogP contribution in [-0.2, 0) is 9.53 Å². The Bertz CT molecular complexity index is 1230. The summed E-state index contributed by atoms with van der Waals surface area (Å²) < 4.78 is 6.54. The first-order valence-electron chi connectivity index (χ1n) is 9.94. The van der Waals surface area contributed by atoms with Gasteiger partial charge < -0.3 is 4.74 Å². The first-order chi connectivity index (χ1) is 14.6. The van der Waals surface area contributed by atoms with E-state index in [1.807, 2.05) is 42.6 Å². The molecule has 0 bridgehead atoms. The molecule has 0 aliphatic heterocycles. The second-order valence-corrected chi connectivity index (χ2v) is 7.76. The number of fused-ring (bicyclic) bond motifs is 1. The van der Waals surface area contributed by atoms with E-state index in [1.165, 1.54) is 22.2 Å². The molecule has 0 saturated carbocycles. The first kappa shape index (κ1) is 20.0. The molecule has 4 aromatic rings. The summed E-state index contributed by atoms with van der Waals surface area (Å²) in [6, 6.07) is 17.6. The second kappa shape index (κ2) is 8.63. The van der Waals surface area contributed by atoms with Crippen LogP contribution in [0.2, 0.25) is 0 Å². The Hall–Kier alpha value is -3.25. The molecule has 0 aliphatic rings. The molecule has 0 fully saturated rings. The van der Waals surface area contributed by atoms with Crippen LogP contribution in [0.3, 0.4) is 0 Å². The molecular weight excluding hydrogens is 396 g/mol. The van der Waals surface area contributed by atoms with Gasteiger partial charge in [0.1, 0.15) is 10.9 Å². The minimum absolute atomic E-state index is 0.219. The predicted octanol–water partition coefficient (Wildman–Crippen LogP) is 5.31. The molecule has 2 aromatic carbocycles. The average Bonchev–Trinajstić information content (AvgIpc) is 3.22. The van der Waals surface area contributed by atoms with Crippen molar-refractivity contribution in [3.05, 3.63) is 76.7 Å². The third-order valence-corrected chi connectivity index (χ3v) is 5.99. The largest absolute Gasteiger partial charge is 0.464 e. The third-order valence-electron chi connectivity index (χ3n) is 5.10. The van der Waals surface area contributed by atoms with Gasteiger partial charge in [-0.15, -0.1) is 11.3 Å². The zero-order valence-corrected chi connectivity index (χ0v) is 17.7. The van der Waals surface area contributed by atoms with Crippen LogP contribution in [-0.4, -0.2) is 22.1 Å². The number of esters is 1. The van der Waals surface area contributed by atoms with E-state index in [-0.39, 0.29) is 12.2 Å². The molecule has 0 unspecified atom stereocenters. The normalized spacial score (nSPS) is 12.1. The quantitative estimate of drug-likeness (QED) is 0.398. The van der Waals surface area contributed by atoms with E-state index in [4.69, 9.17) is 4.74 Å². The third kappa shape index (κ3) is 3.66. The van der Waals surface area contributed by atoms with Gasteiger partial charge in [-0.05, 0) is 30.0 Å². The predicted molar refractivity (Wildman–Crippen MR) is 121 cm³/mol. The number of rotatable bonds is 6. The fourth-order valence-corrected chi connectivity index (χ4v) is 4.47. The highest BCUT2D eigenvalue weighted by Crippen LogP contribution is 2.32. The zero-order valence-electron chi connectivity index (χ0n) is 16.9. The molecule has 6 heteroatoms. The molecule has 0 N–H and O–H groups in total. The van der Waals surface area contributed by atoms with Crippen molar-refractivity contribution in [3.8, 4) is 22.3 Å². The van der Waals surface area contributed by atoms with Crippen LogP contribution in [0.5, 0.6) is 0 Å². The van der Waals surface area contributed by atoms with Gasteiger partial charge in [0.15, 0.2) is 0 Å². The van der Waals surface area contributed by atoms with Crippen molar-refractivity contribution in [1.82, 2.24) is 9.55 Å². The molecule has 0 amide bonds. The number of thiophene rings is 1. The maximum atomic E-state index is 13.3. The standard InChI is InChI=1S/C24H22N2O3S/c1-3-20(24(28)29-4-2)26-15-25-22-21(23(26)27)19(14-30-22)18-12-10-17(11-13-18)16-8-6-5-7-9-16/h5-15,20H,3-4H2,1-2H3/t20-/m1/s1. The Balaban J connectivity index is 1.77. The summed E-state index contributed by atoms with van der Waals surface area (Å²) >= 11 is 1.43. The van der Waals surface area contributed by atoms with Crippen molar-refractivity contribution in [3.63, 3.8) is 0 Å². The van der Waals surface area contributed by atoms with Gasteiger partial charge in [-0.2, -0.15) is 0 Å². The molecule has 152 valence electrons. The fourth-order valence-electron chi connectivity index (χ4n) is 3.57. The molecular formula is C24H22N2O3S. The summed E-state index contributed by atoms with van der Waals surface area (Å²) in [7, 11) is 0. The summed E-state index contributed by atoms with van der Waals surface area (Å²) in [5.41, 5.74) is 3.82. The molecule has 5 nitrogen and oxygen atoms in total. The molecule has 2 aromatic heterocycles. The number of hydrogen-bond acceptors (Lipinski definition) is 5. The Labute approximate surface area is 178 Å². The van der Waals surface area contributed by atoms with Crippen molar-refractivity contribution < 1.29 is 9.53 Å². The Morgan fingerprint density at radius 2 is 1.70 bits per heavy atom. The molecule has 4 rings (SSSR count). The highest BCUT2D eigenvalue weighted by atomic mass is 32.1. The topological polar surface area (TPSA) is 61.2 Å². The van der Waals surface area contributed by atoms with Gasteiger partial charge >= 0.3 is 5.97 Å². The van der Waals surface area contributed by atoms with Gasteiger partial charge in [-0.25, -0.2) is 9.78 Å². The van der Waals surface area contributed by atoms with Gasteiger partial charge in [0, 0.05) is 10.9 Å². The number of benzene rings is 2. The van der Waals surface area contributed by atoms with Gasteiger partial charge in [0.2, 0.25) is 0 Å². The SMILES string of the molecule is CCOC(=O)[C@@H](CC)n1cnc2scc(-c3ccc(-c4ccccc4)cc3)c2c1=O. The summed E-state index contributed by atoms with van der Waals surface area (Å²) in [5, 5.41) is 2.49. The van der Waals surface area contributed by atoms with Crippen LogP contribution in [0.1, 0.15) is 26.3 Å². The maximum Gasteiger partial charge on any atom is 0.329 e. The van der Waals surface area contributed by atoms with Gasteiger partial charge in [-0.1, -0.05) is 61.5 Å². The monoisotopic (exact) mass is 418 g/mol. The van der Waals surface area contributed by atoms with E-state index in [2.05, 4.69) is 29.2 Å². The molecule has 1 atom stereocenters. The molecule has 0 saturated heterocycles. The van der Waals surface area contributed by atoms with Crippen LogP contribution >= 0.6 is 11.3 Å². The van der Waals surface area contributed by atoms with Gasteiger partial charge in [0.25, 0.3) is 5.56 Å². The van der Waals surface area contributed by atoms with Gasteiger partial charge in [0.05, 0.1) is 18.3 Å². The van der Waals surface area contributed by atoms with Crippen molar-refractivity contribution in [1.29, 1.82) is 0 Å². The summed E-state index contributed by atoms with van der Waals surface area (Å²) in [6.07, 6.45) is 1.91. The lowest BCUT2D eigenvalue weighted by atomic mass is 10.0. The Morgan fingerprint density at radius 1 is 1.03 bits per heavy atom. The molecule has 2 heterocycles. The Kier molecular flexibility index (Phi) is 5.77. The average molecular weight is 419 g/mol. The number of aromatic nitrogens is 2. The lowest BCUT2D eigenvalue weighted by Crippen LogP contribution is -2.31. The number of ether oxygens (including phenoxy) is 1. The number of nitrogens with zero attached hydrogens (tertiary/aromatic N) is 2. The summed E-state index contributed by atoms with van der Waals surface area (Å²) in [6.45, 7) is 3.89. The highest BCUT2D eigenvalue weighted by molar-refractivity contribution is 7.17. The van der Waals surface area contributed by atoms with Crippen LogP contribution in [0, 0.1) is 0 Å². The van der Waals surface area contributed by atoms with Crippen LogP contribution in [0.25, 0.3) is 32.5 Å². The highest BCUT2D eigenvalue weighted by Gasteiger charge is 2.23. The zero-order chi connectivity index (χ0) is 21.1. The number of carbonyl (C=O) groups excluding carboxylic acids is 1. The summed E-state index contributed by atoms with van der Waals surface area (Å²) in [4.78, 5) is 30.7. The van der Waals surface area contributed by atoms with E-state index in [0.29, 0.717) is 16.6 Å². The van der Waals surface area contributed by atoms with Crippen molar-refractivity contribution in [2.45, 2.75) is 26.3 Å². The lowest BCUT2D eigenvalue weighted by Gasteiger charge is -2.16. The van der Waals surface area contributed by atoms with E-state index < -0.39 is 12.0 Å². The minimum Gasteiger partial charge on any atom is -0.464 e. The Morgan fingerprint density at radius 3 is 2.37 bits per heavy atom. The van der Waals surface area contributed by atoms with E-state index >= 15 is 0 Å². The van der Waals surface area contributed by atoms with Crippen LogP contribution in [0.15, 0.2) is 71.1 Å². The first-order valence-corrected chi connectivity index (χ1v) is 10.8. The lowest BCUT2D eigenvalue weighted by molar-refractivity contribution is -0.147. The second-order valence-electron chi connectivity index (χ2n) is 6.91. The molecule has 30 heavy (non-hydrogen) atoms. The number of hydrogen-bond donors (Lipinski definition) is 0. The van der Waals surface area contributed by atoms with Crippen molar-refractivity contribution in [2.24, 2.45) is 0 Å². The smallest absolute Gasteiger partial charge is 0.329 e. The maximum absolute atomic E-state index is 13.3.